The zero-order valence-corrected chi connectivity index (χ0v) is 14.6. The molecule has 0 aliphatic rings. The summed E-state index contributed by atoms with van der Waals surface area (Å²) < 4.78 is 0. The predicted octanol–water partition coefficient (Wildman–Crippen LogP) is 3.96. The molecule has 0 heterocycles. The van der Waals surface area contributed by atoms with Crippen LogP contribution in [-0.4, -0.2) is 0 Å². The number of hydrogen-bond acceptors (Lipinski definition) is 4. The summed E-state index contributed by atoms with van der Waals surface area (Å²) in [5.74, 6) is 0. The summed E-state index contributed by atoms with van der Waals surface area (Å²) >= 11 is 0. The van der Waals surface area contributed by atoms with Crippen LogP contribution in [-0.2, 0) is 0 Å². The van der Waals surface area contributed by atoms with Gasteiger partial charge >= 0.3 is 0 Å². The molecule has 0 fully saturated rings. The van der Waals surface area contributed by atoms with E-state index in [1.807, 2.05) is 59.7 Å². The van der Waals surface area contributed by atoms with Crippen molar-refractivity contribution in [3.05, 3.63) is 46.5 Å². The van der Waals surface area contributed by atoms with Gasteiger partial charge in [-0.25, -0.2) is 0 Å². The van der Waals surface area contributed by atoms with Gasteiger partial charge in [-0.1, -0.05) is 19.9 Å². The molecule has 8 N–H and O–H groups in total. The Morgan fingerprint density at radius 2 is 0.682 bits per heavy atom. The Hall–Kier alpha value is -2.36. The lowest BCUT2D eigenvalue weighted by Gasteiger charge is -2.03. The van der Waals surface area contributed by atoms with E-state index in [1.165, 1.54) is 0 Å². The van der Waals surface area contributed by atoms with Crippen LogP contribution in [0, 0.1) is 27.7 Å². The van der Waals surface area contributed by atoms with E-state index in [0.717, 1.165) is 45.0 Å². The van der Waals surface area contributed by atoms with Gasteiger partial charge in [0.05, 0.1) is 0 Å². The van der Waals surface area contributed by atoms with E-state index < -0.39 is 0 Å². The lowest BCUT2D eigenvalue weighted by Crippen LogP contribution is -1.95. The highest BCUT2D eigenvalue weighted by Crippen LogP contribution is 2.19. The number of nitrogen functional groups attached to an aromatic ring is 4. The number of benzene rings is 2. The van der Waals surface area contributed by atoms with Crippen molar-refractivity contribution in [1.29, 1.82) is 0 Å². The third-order valence-electron chi connectivity index (χ3n) is 3.31. The number of nitrogens with two attached hydrogens (primary N) is 4. The van der Waals surface area contributed by atoms with Crippen LogP contribution in [0.25, 0.3) is 0 Å². The molecular formula is C18H30N4. The van der Waals surface area contributed by atoms with E-state index in [1.54, 1.807) is 6.07 Å². The van der Waals surface area contributed by atoms with Gasteiger partial charge in [-0.15, -0.1) is 0 Å². The number of aryl methyl sites for hydroxylation is 4. The summed E-state index contributed by atoms with van der Waals surface area (Å²) in [5, 5.41) is 0. The van der Waals surface area contributed by atoms with Crippen LogP contribution in [0.3, 0.4) is 0 Å². The summed E-state index contributed by atoms with van der Waals surface area (Å²) in [7, 11) is 0. The molecule has 0 saturated heterocycles. The average Bonchev–Trinajstić information content (AvgIpc) is 2.46. The smallest absolute Gasteiger partial charge is 0.0364 e. The molecule has 0 saturated carbocycles. The predicted molar refractivity (Wildman–Crippen MR) is 101 cm³/mol. The van der Waals surface area contributed by atoms with E-state index in [2.05, 4.69) is 0 Å². The second kappa shape index (κ2) is 8.82. The van der Waals surface area contributed by atoms with Gasteiger partial charge in [0.1, 0.15) is 0 Å². The van der Waals surface area contributed by atoms with Gasteiger partial charge in [0.2, 0.25) is 0 Å². The highest BCUT2D eigenvalue weighted by molar-refractivity contribution is 5.60. The van der Waals surface area contributed by atoms with Crippen molar-refractivity contribution in [3.63, 3.8) is 0 Å². The fraction of sp³-hybridized carbons (Fsp3) is 0.333. The first-order valence-electron chi connectivity index (χ1n) is 7.46. The number of rotatable bonds is 0. The second-order valence-electron chi connectivity index (χ2n) is 5.13. The molecule has 0 bridgehead atoms. The molecule has 0 atom stereocenters. The largest absolute Gasteiger partial charge is 0.399 e. The van der Waals surface area contributed by atoms with Crippen LogP contribution in [0.2, 0.25) is 0 Å². The molecule has 2 aromatic rings. The van der Waals surface area contributed by atoms with E-state index in [9.17, 15) is 0 Å². The summed E-state index contributed by atoms with van der Waals surface area (Å²) in [6, 6.07) is 7.57. The topological polar surface area (TPSA) is 104 Å². The molecule has 4 nitrogen and oxygen atoms in total. The minimum atomic E-state index is 0.767. The normalized spacial score (nSPS) is 9.18. The van der Waals surface area contributed by atoms with Crippen LogP contribution in [0.1, 0.15) is 36.1 Å². The van der Waals surface area contributed by atoms with Crippen molar-refractivity contribution in [2.24, 2.45) is 0 Å². The monoisotopic (exact) mass is 302 g/mol. The van der Waals surface area contributed by atoms with Crippen molar-refractivity contribution in [2.45, 2.75) is 41.5 Å². The first kappa shape index (κ1) is 19.6. The summed E-state index contributed by atoms with van der Waals surface area (Å²) in [6.45, 7) is 11.8. The Morgan fingerprint density at radius 1 is 0.455 bits per heavy atom. The first-order valence-corrected chi connectivity index (χ1v) is 7.46. The summed E-state index contributed by atoms with van der Waals surface area (Å²) in [5.41, 5.74) is 29.9. The standard InChI is InChI=1S/2C8H12N2.C2H6/c1-5-3-8(10)6(2)4-7(5)9;1-5-3-6(2)8(10)4-7(5)9;1-2/h2*3-4H,9-10H2,1-2H3;1-2H3. The van der Waals surface area contributed by atoms with Crippen LogP contribution < -0.4 is 22.9 Å². The maximum Gasteiger partial charge on any atom is 0.0364 e. The Bertz CT molecular complexity index is 463. The van der Waals surface area contributed by atoms with Gasteiger partial charge in [0.25, 0.3) is 0 Å². The van der Waals surface area contributed by atoms with Gasteiger partial charge in [-0.2, -0.15) is 0 Å². The summed E-state index contributed by atoms with van der Waals surface area (Å²) in [4.78, 5) is 0. The van der Waals surface area contributed by atoms with Crippen molar-refractivity contribution in [2.75, 3.05) is 22.9 Å². The van der Waals surface area contributed by atoms with Crippen molar-refractivity contribution < 1.29 is 0 Å². The number of hydrogen-bond donors (Lipinski definition) is 4. The van der Waals surface area contributed by atoms with E-state index in [-0.39, 0.29) is 0 Å². The molecule has 0 spiro atoms. The molecule has 122 valence electrons. The van der Waals surface area contributed by atoms with E-state index in [0.29, 0.717) is 0 Å². The molecule has 2 aromatic carbocycles. The molecule has 0 aliphatic heterocycles. The molecule has 4 heteroatoms. The molecule has 0 aromatic heterocycles. The highest BCUT2D eigenvalue weighted by Gasteiger charge is 1.97. The zero-order chi connectivity index (χ0) is 17.4. The molecule has 0 radical (unpaired) electrons. The Morgan fingerprint density at radius 3 is 0.955 bits per heavy atom. The quantitative estimate of drug-likeness (QED) is 0.553. The Kier molecular flexibility index (Phi) is 7.88. The fourth-order valence-corrected chi connectivity index (χ4v) is 1.75. The Balaban J connectivity index is 0.000000360. The highest BCUT2D eigenvalue weighted by atomic mass is 14.6. The minimum absolute atomic E-state index is 0.767. The van der Waals surface area contributed by atoms with Crippen molar-refractivity contribution >= 4 is 22.7 Å². The third-order valence-corrected chi connectivity index (χ3v) is 3.31. The van der Waals surface area contributed by atoms with E-state index >= 15 is 0 Å². The SMILES string of the molecule is CC.Cc1cc(C)c(N)cc1N.Cc1cc(N)c(C)cc1N. The number of anilines is 4. The molecule has 2 rings (SSSR count). The van der Waals surface area contributed by atoms with Crippen molar-refractivity contribution in [3.8, 4) is 0 Å². The second-order valence-corrected chi connectivity index (χ2v) is 5.13. The van der Waals surface area contributed by atoms with Gasteiger partial charge in [-0.05, 0) is 68.1 Å². The zero-order valence-electron chi connectivity index (χ0n) is 14.6. The molecule has 0 unspecified atom stereocenters. The Labute approximate surface area is 134 Å². The van der Waals surface area contributed by atoms with Gasteiger partial charge in [0, 0.05) is 22.7 Å². The van der Waals surface area contributed by atoms with Crippen molar-refractivity contribution in [1.82, 2.24) is 0 Å². The maximum absolute atomic E-state index is 5.63. The van der Waals surface area contributed by atoms with Crippen LogP contribution in [0.4, 0.5) is 22.7 Å². The third kappa shape index (κ3) is 5.56. The van der Waals surface area contributed by atoms with Crippen LogP contribution in [0.5, 0.6) is 0 Å². The minimum Gasteiger partial charge on any atom is -0.399 e. The first-order chi connectivity index (χ1) is 10.2. The average molecular weight is 302 g/mol. The molecule has 0 amide bonds. The lowest BCUT2D eigenvalue weighted by molar-refractivity contribution is 1.39. The van der Waals surface area contributed by atoms with Gasteiger partial charge < -0.3 is 22.9 Å². The van der Waals surface area contributed by atoms with Crippen LogP contribution in [0.15, 0.2) is 24.3 Å². The molecule has 0 aliphatic carbocycles. The maximum atomic E-state index is 5.63. The van der Waals surface area contributed by atoms with Gasteiger partial charge in [-0.3, -0.25) is 0 Å². The lowest BCUT2D eigenvalue weighted by atomic mass is 10.1. The molecule has 22 heavy (non-hydrogen) atoms. The van der Waals surface area contributed by atoms with E-state index in [4.69, 9.17) is 22.9 Å². The fourth-order valence-electron chi connectivity index (χ4n) is 1.75. The van der Waals surface area contributed by atoms with Crippen LogP contribution >= 0.6 is 0 Å². The summed E-state index contributed by atoms with van der Waals surface area (Å²) in [6.07, 6.45) is 0. The van der Waals surface area contributed by atoms with Gasteiger partial charge in [0.15, 0.2) is 0 Å². The molecular weight excluding hydrogens is 272 g/mol.